The van der Waals surface area contributed by atoms with E-state index >= 15 is 0 Å². The molecule has 1 fully saturated rings. The Labute approximate surface area is 130 Å². The summed E-state index contributed by atoms with van der Waals surface area (Å²) in [6.07, 6.45) is 5.39. The Bertz CT molecular complexity index is 662. The van der Waals surface area contributed by atoms with Gasteiger partial charge in [-0.05, 0) is 32.3 Å². The number of rotatable bonds is 3. The maximum atomic E-state index is 13.1. The lowest BCUT2D eigenvalue weighted by Crippen LogP contribution is -2.46. The van der Waals surface area contributed by atoms with E-state index in [0.29, 0.717) is 5.82 Å². The molecule has 0 saturated carbocycles. The van der Waals surface area contributed by atoms with Gasteiger partial charge in [-0.15, -0.1) is 0 Å². The average molecular weight is 298 g/mol. The summed E-state index contributed by atoms with van der Waals surface area (Å²) in [4.78, 5) is 19.1. The third kappa shape index (κ3) is 2.47. The molecular weight excluding hydrogens is 276 g/mol. The fourth-order valence-electron chi connectivity index (χ4n) is 3.14. The van der Waals surface area contributed by atoms with Gasteiger partial charge in [0.05, 0.1) is 12.4 Å². The Morgan fingerprint density at radius 2 is 2.05 bits per heavy atom. The van der Waals surface area contributed by atoms with E-state index in [1.807, 2.05) is 36.9 Å². The molecule has 3 rings (SSSR count). The van der Waals surface area contributed by atoms with Gasteiger partial charge in [-0.1, -0.05) is 30.3 Å². The molecule has 1 aromatic heterocycles. The number of hydrogen-bond acceptors (Lipinski definition) is 3. The highest BCUT2D eigenvalue weighted by Gasteiger charge is 2.39. The van der Waals surface area contributed by atoms with Gasteiger partial charge in [0.2, 0.25) is 5.91 Å². The SMILES string of the molecule is CC(C)(C(=O)N1CCCC1c1ccccc1)n1cnc(N)c1. The fraction of sp³-hybridized carbons (Fsp3) is 0.412. The van der Waals surface area contributed by atoms with E-state index in [0.717, 1.165) is 19.4 Å². The van der Waals surface area contributed by atoms with Crippen LogP contribution in [-0.4, -0.2) is 26.9 Å². The molecule has 1 saturated heterocycles. The largest absolute Gasteiger partial charge is 0.382 e. The summed E-state index contributed by atoms with van der Waals surface area (Å²) in [7, 11) is 0. The molecule has 0 spiro atoms. The Kier molecular flexibility index (Phi) is 3.64. The Morgan fingerprint density at radius 1 is 1.32 bits per heavy atom. The summed E-state index contributed by atoms with van der Waals surface area (Å²) in [5.41, 5.74) is 6.20. The molecule has 5 nitrogen and oxygen atoms in total. The zero-order valence-electron chi connectivity index (χ0n) is 13.1. The predicted octanol–water partition coefficient (Wildman–Crippen LogP) is 2.56. The molecule has 116 valence electrons. The van der Waals surface area contributed by atoms with Gasteiger partial charge in [0, 0.05) is 12.7 Å². The van der Waals surface area contributed by atoms with Gasteiger partial charge >= 0.3 is 0 Å². The Balaban J connectivity index is 1.87. The quantitative estimate of drug-likeness (QED) is 0.947. The summed E-state index contributed by atoms with van der Waals surface area (Å²) in [6.45, 7) is 4.62. The number of carbonyl (C=O) groups excluding carboxylic acids is 1. The lowest BCUT2D eigenvalue weighted by molar-refractivity contribution is -0.140. The van der Waals surface area contributed by atoms with E-state index in [2.05, 4.69) is 17.1 Å². The first kappa shape index (κ1) is 14.6. The fourth-order valence-corrected chi connectivity index (χ4v) is 3.14. The van der Waals surface area contributed by atoms with Crippen LogP contribution in [-0.2, 0) is 10.3 Å². The summed E-state index contributed by atoms with van der Waals surface area (Å²) >= 11 is 0. The van der Waals surface area contributed by atoms with Crippen molar-refractivity contribution < 1.29 is 4.79 Å². The van der Waals surface area contributed by atoms with Crippen LogP contribution in [0.4, 0.5) is 5.82 Å². The van der Waals surface area contributed by atoms with E-state index in [1.54, 1.807) is 17.1 Å². The van der Waals surface area contributed by atoms with E-state index in [9.17, 15) is 4.79 Å². The third-order valence-corrected chi connectivity index (χ3v) is 4.47. The minimum atomic E-state index is -0.692. The second-order valence-electron chi connectivity index (χ2n) is 6.33. The number of imidazole rings is 1. The zero-order chi connectivity index (χ0) is 15.7. The molecule has 1 atom stereocenters. The Morgan fingerprint density at radius 3 is 2.68 bits per heavy atom. The number of nitrogens with two attached hydrogens (primary N) is 1. The molecule has 1 amide bonds. The molecule has 2 N–H and O–H groups in total. The zero-order valence-corrected chi connectivity index (χ0v) is 13.1. The van der Waals surface area contributed by atoms with E-state index in [1.165, 1.54) is 5.56 Å². The van der Waals surface area contributed by atoms with Crippen molar-refractivity contribution in [3.05, 3.63) is 48.4 Å². The van der Waals surface area contributed by atoms with Crippen LogP contribution in [0.3, 0.4) is 0 Å². The first-order chi connectivity index (χ1) is 10.5. The number of likely N-dealkylation sites (tertiary alicyclic amines) is 1. The van der Waals surface area contributed by atoms with Crippen molar-refractivity contribution in [2.45, 2.75) is 38.3 Å². The highest BCUT2D eigenvalue weighted by molar-refractivity contribution is 5.84. The number of nitrogen functional groups attached to an aromatic ring is 1. The van der Waals surface area contributed by atoms with Crippen molar-refractivity contribution in [2.75, 3.05) is 12.3 Å². The molecule has 1 aromatic carbocycles. The average Bonchev–Trinajstić information content (AvgIpc) is 3.16. The van der Waals surface area contributed by atoms with E-state index in [-0.39, 0.29) is 11.9 Å². The molecule has 0 radical (unpaired) electrons. The van der Waals surface area contributed by atoms with Crippen molar-refractivity contribution in [1.29, 1.82) is 0 Å². The molecule has 1 unspecified atom stereocenters. The highest BCUT2D eigenvalue weighted by Crippen LogP contribution is 2.35. The summed E-state index contributed by atoms with van der Waals surface area (Å²) < 4.78 is 1.80. The van der Waals surface area contributed by atoms with Crippen LogP contribution < -0.4 is 5.73 Å². The van der Waals surface area contributed by atoms with Gasteiger partial charge in [0.25, 0.3) is 0 Å². The topological polar surface area (TPSA) is 64.2 Å². The monoisotopic (exact) mass is 298 g/mol. The van der Waals surface area contributed by atoms with Crippen LogP contribution in [0.15, 0.2) is 42.9 Å². The van der Waals surface area contributed by atoms with Crippen LogP contribution in [0.25, 0.3) is 0 Å². The molecule has 5 heteroatoms. The molecular formula is C17H22N4O. The Hall–Kier alpha value is -2.30. The second-order valence-corrected chi connectivity index (χ2v) is 6.33. The van der Waals surface area contributed by atoms with Gasteiger partial charge in [-0.3, -0.25) is 4.79 Å². The summed E-state index contributed by atoms with van der Waals surface area (Å²) in [5.74, 6) is 0.540. The molecule has 22 heavy (non-hydrogen) atoms. The summed E-state index contributed by atoms with van der Waals surface area (Å²) in [6, 6.07) is 10.4. The van der Waals surface area contributed by atoms with Crippen LogP contribution >= 0.6 is 0 Å². The second kappa shape index (κ2) is 5.48. The number of anilines is 1. The van der Waals surface area contributed by atoms with Crippen molar-refractivity contribution in [3.8, 4) is 0 Å². The first-order valence-electron chi connectivity index (χ1n) is 7.66. The number of hydrogen-bond donors (Lipinski definition) is 1. The van der Waals surface area contributed by atoms with Crippen molar-refractivity contribution >= 4 is 11.7 Å². The van der Waals surface area contributed by atoms with Crippen LogP contribution in [0.2, 0.25) is 0 Å². The third-order valence-electron chi connectivity index (χ3n) is 4.47. The number of benzene rings is 1. The number of aromatic nitrogens is 2. The normalized spacial score (nSPS) is 18.6. The summed E-state index contributed by atoms with van der Waals surface area (Å²) in [5, 5.41) is 0. The van der Waals surface area contributed by atoms with Crippen molar-refractivity contribution in [1.82, 2.24) is 14.5 Å². The van der Waals surface area contributed by atoms with Gasteiger partial charge in [0.1, 0.15) is 11.4 Å². The molecule has 0 aliphatic carbocycles. The number of carbonyl (C=O) groups is 1. The van der Waals surface area contributed by atoms with Crippen molar-refractivity contribution in [3.63, 3.8) is 0 Å². The highest BCUT2D eigenvalue weighted by atomic mass is 16.2. The van der Waals surface area contributed by atoms with Gasteiger partial charge in [0.15, 0.2) is 0 Å². The molecule has 2 aromatic rings. The van der Waals surface area contributed by atoms with E-state index < -0.39 is 5.54 Å². The predicted molar refractivity (Wildman–Crippen MR) is 86.1 cm³/mol. The van der Waals surface area contributed by atoms with E-state index in [4.69, 9.17) is 5.73 Å². The van der Waals surface area contributed by atoms with Gasteiger partial charge in [-0.2, -0.15) is 0 Å². The minimum absolute atomic E-state index is 0.108. The lowest BCUT2D eigenvalue weighted by Gasteiger charge is -2.34. The van der Waals surface area contributed by atoms with Crippen molar-refractivity contribution in [2.24, 2.45) is 0 Å². The number of amides is 1. The first-order valence-corrected chi connectivity index (χ1v) is 7.66. The molecule has 1 aliphatic rings. The minimum Gasteiger partial charge on any atom is -0.382 e. The maximum absolute atomic E-state index is 13.1. The number of nitrogens with zero attached hydrogens (tertiary/aromatic N) is 3. The van der Waals surface area contributed by atoms with Crippen LogP contribution in [0.1, 0.15) is 38.3 Å². The molecule has 2 heterocycles. The maximum Gasteiger partial charge on any atom is 0.248 e. The van der Waals surface area contributed by atoms with Gasteiger partial charge in [-0.25, -0.2) is 4.98 Å². The van der Waals surface area contributed by atoms with Crippen LogP contribution in [0, 0.1) is 0 Å². The smallest absolute Gasteiger partial charge is 0.248 e. The molecule has 1 aliphatic heterocycles. The lowest BCUT2D eigenvalue weighted by atomic mass is 10.00. The molecule has 0 bridgehead atoms. The standard InChI is InChI=1S/C17H22N4O/c1-17(2,20-11-15(18)19-12-20)16(22)21-10-6-9-14(21)13-7-4-3-5-8-13/h3-5,7-8,11-12,14H,6,9-10,18H2,1-2H3. The van der Waals surface area contributed by atoms with Crippen LogP contribution in [0.5, 0.6) is 0 Å². The van der Waals surface area contributed by atoms with Gasteiger partial charge < -0.3 is 15.2 Å².